The second kappa shape index (κ2) is 18.1. The molecule has 1 N–H and O–H groups in total. The number of methoxy groups -OCH3 is 2. The van der Waals surface area contributed by atoms with E-state index in [1.807, 2.05) is 36.4 Å². The van der Waals surface area contributed by atoms with Crippen molar-refractivity contribution in [3.8, 4) is 11.5 Å². The summed E-state index contributed by atoms with van der Waals surface area (Å²) in [6.07, 6.45) is 2.65. The molecule has 3 aromatic carbocycles. The average Bonchev–Trinajstić information content (AvgIpc) is 3.45. The summed E-state index contributed by atoms with van der Waals surface area (Å²) < 4.78 is 34.7. The molecule has 0 aromatic heterocycles. The predicted octanol–water partition coefficient (Wildman–Crippen LogP) is 7.19. The lowest BCUT2D eigenvalue weighted by Gasteiger charge is -2.32. The van der Waals surface area contributed by atoms with Crippen LogP contribution in [-0.2, 0) is 30.3 Å². The van der Waals surface area contributed by atoms with Crippen LogP contribution in [0.15, 0.2) is 84.9 Å². The van der Waals surface area contributed by atoms with Gasteiger partial charge < -0.3 is 33.5 Å². The molecule has 3 aromatic rings. The highest BCUT2D eigenvalue weighted by molar-refractivity contribution is 5.94. The molecule has 9 nitrogen and oxygen atoms in total. The van der Waals surface area contributed by atoms with Crippen LogP contribution in [0.4, 0.5) is 0 Å². The first kappa shape index (κ1) is 37.8. The van der Waals surface area contributed by atoms with Crippen molar-refractivity contribution in [2.24, 2.45) is 5.92 Å². The first-order valence-electron chi connectivity index (χ1n) is 16.9. The molecule has 0 saturated carbocycles. The fourth-order valence-electron chi connectivity index (χ4n) is 5.87. The van der Waals surface area contributed by atoms with E-state index in [-0.39, 0.29) is 12.5 Å². The smallest absolute Gasteiger partial charge is 0.338 e. The number of benzene rings is 3. The van der Waals surface area contributed by atoms with E-state index in [9.17, 15) is 14.7 Å². The molecule has 49 heavy (non-hydrogen) atoms. The number of aliphatic hydroxyl groups is 1. The summed E-state index contributed by atoms with van der Waals surface area (Å²) in [6, 6.07) is 23.6. The first-order valence-corrected chi connectivity index (χ1v) is 16.9. The fourth-order valence-corrected chi connectivity index (χ4v) is 5.87. The number of hydrogen-bond acceptors (Lipinski definition) is 9. The molecule has 0 aliphatic carbocycles. The number of esters is 1. The number of Topliss-reactive ketones (excluding diaryl/α,β-unsaturated/α-hetero) is 1. The molecular weight excluding hydrogens is 624 g/mol. The number of ether oxygens (including phenoxy) is 6. The van der Waals surface area contributed by atoms with E-state index >= 15 is 0 Å². The van der Waals surface area contributed by atoms with Crippen molar-refractivity contribution in [3.05, 3.63) is 102 Å². The Balaban J connectivity index is 1.42. The van der Waals surface area contributed by atoms with Gasteiger partial charge in [-0.25, -0.2) is 4.79 Å². The number of rotatable bonds is 18. The van der Waals surface area contributed by atoms with Gasteiger partial charge in [-0.05, 0) is 93.5 Å². The number of carbonyl (C=O) groups is 2. The van der Waals surface area contributed by atoms with Crippen molar-refractivity contribution in [2.45, 2.75) is 96.3 Å². The van der Waals surface area contributed by atoms with E-state index in [0.717, 1.165) is 42.6 Å². The Morgan fingerprint density at radius 2 is 1.47 bits per heavy atom. The molecule has 1 fully saturated rings. The third-order valence-corrected chi connectivity index (χ3v) is 8.64. The van der Waals surface area contributed by atoms with Crippen LogP contribution in [0.25, 0.3) is 6.08 Å². The van der Waals surface area contributed by atoms with E-state index in [0.29, 0.717) is 11.3 Å². The first-order chi connectivity index (χ1) is 23.5. The van der Waals surface area contributed by atoms with Crippen LogP contribution in [0, 0.1) is 5.92 Å². The lowest BCUT2D eigenvalue weighted by atomic mass is 9.89. The Labute approximate surface area is 290 Å². The zero-order valence-electron chi connectivity index (χ0n) is 29.4. The SMILES string of the molecule is COc1ccc(/C=C/CCCC[C@H](C)[C@@H]2OC(C)(C)O[C@H]2[C@H](O)[C@H](OCc2ccc(OC)cc2)C(=O)[C@@H](C)OC(=O)c2ccccc2)cc1. The van der Waals surface area contributed by atoms with E-state index in [4.69, 9.17) is 28.4 Å². The molecule has 9 heteroatoms. The monoisotopic (exact) mass is 674 g/mol. The molecule has 1 heterocycles. The minimum Gasteiger partial charge on any atom is -0.497 e. The number of allylic oxidation sites excluding steroid dienone is 1. The second-order valence-corrected chi connectivity index (χ2v) is 12.9. The molecule has 1 aliphatic heterocycles. The summed E-state index contributed by atoms with van der Waals surface area (Å²) in [4.78, 5) is 26.7. The highest BCUT2D eigenvalue weighted by Gasteiger charge is 2.50. The summed E-state index contributed by atoms with van der Waals surface area (Å²) in [7, 11) is 3.24. The minimum absolute atomic E-state index is 0.0117. The van der Waals surface area contributed by atoms with Gasteiger partial charge in [0, 0.05) is 0 Å². The number of hydrogen-bond donors (Lipinski definition) is 1. The third-order valence-electron chi connectivity index (χ3n) is 8.64. The zero-order valence-corrected chi connectivity index (χ0v) is 29.4. The Morgan fingerprint density at radius 3 is 2.10 bits per heavy atom. The Hall–Kier alpha value is -4.02. The van der Waals surface area contributed by atoms with Gasteiger partial charge in [0.25, 0.3) is 0 Å². The van der Waals surface area contributed by atoms with Crippen LogP contribution in [0.2, 0.25) is 0 Å². The van der Waals surface area contributed by atoms with Gasteiger partial charge in [-0.2, -0.15) is 0 Å². The van der Waals surface area contributed by atoms with Crippen molar-refractivity contribution >= 4 is 17.8 Å². The summed E-state index contributed by atoms with van der Waals surface area (Å²) >= 11 is 0. The summed E-state index contributed by atoms with van der Waals surface area (Å²) in [5.74, 6) is -0.679. The van der Waals surface area contributed by atoms with Crippen LogP contribution in [-0.4, -0.2) is 67.4 Å². The van der Waals surface area contributed by atoms with Gasteiger partial charge in [0.05, 0.1) is 32.5 Å². The van der Waals surface area contributed by atoms with Gasteiger partial charge in [-0.3, -0.25) is 4.79 Å². The van der Waals surface area contributed by atoms with Crippen molar-refractivity contribution in [3.63, 3.8) is 0 Å². The largest absolute Gasteiger partial charge is 0.497 e. The van der Waals surface area contributed by atoms with Gasteiger partial charge in [0.2, 0.25) is 5.78 Å². The molecule has 6 atom stereocenters. The number of ketones is 1. The van der Waals surface area contributed by atoms with Crippen LogP contribution < -0.4 is 9.47 Å². The molecule has 1 aliphatic rings. The lowest BCUT2D eigenvalue weighted by molar-refractivity contribution is -0.175. The Kier molecular flexibility index (Phi) is 14.0. The standard InChI is InChI=1S/C40H50O9/c1-27(14-10-7-8-11-15-29-18-22-32(44-5)23-19-29)36-38(49-40(3,4)48-36)35(42)37(46-26-30-20-24-33(45-6)25-21-30)34(41)28(2)47-39(43)31-16-12-9-13-17-31/h9,11-13,15-25,27-28,35-38,42H,7-8,10,14,26H2,1-6H3/b15-11+/t27-,28+,35+,36-,37+,38-/m0/s1. The molecule has 0 unspecified atom stereocenters. The van der Waals surface area contributed by atoms with Gasteiger partial charge >= 0.3 is 5.97 Å². The molecule has 264 valence electrons. The van der Waals surface area contributed by atoms with E-state index < -0.39 is 48.1 Å². The van der Waals surface area contributed by atoms with Crippen molar-refractivity contribution in [1.82, 2.24) is 0 Å². The topological polar surface area (TPSA) is 110 Å². The molecule has 0 spiro atoms. The van der Waals surface area contributed by atoms with E-state index in [2.05, 4.69) is 19.1 Å². The number of unbranched alkanes of at least 4 members (excludes halogenated alkanes) is 2. The second-order valence-electron chi connectivity index (χ2n) is 12.9. The maximum atomic E-state index is 13.9. The molecule has 0 radical (unpaired) electrons. The number of carbonyl (C=O) groups excluding carboxylic acids is 2. The van der Waals surface area contributed by atoms with Gasteiger partial charge in [-0.1, -0.05) is 68.0 Å². The lowest BCUT2D eigenvalue weighted by Crippen LogP contribution is -2.51. The quantitative estimate of drug-likeness (QED) is 0.111. The highest BCUT2D eigenvalue weighted by atomic mass is 16.8. The number of aliphatic hydroxyl groups excluding tert-OH is 1. The van der Waals surface area contributed by atoms with Crippen LogP contribution in [0.5, 0.6) is 11.5 Å². The molecule has 0 amide bonds. The Morgan fingerprint density at radius 1 is 0.857 bits per heavy atom. The maximum absolute atomic E-state index is 13.9. The zero-order chi connectivity index (χ0) is 35.4. The summed E-state index contributed by atoms with van der Waals surface area (Å²) in [5, 5.41) is 11.8. The Bertz CT molecular complexity index is 1480. The van der Waals surface area contributed by atoms with Crippen LogP contribution in [0.3, 0.4) is 0 Å². The molecule has 0 bridgehead atoms. The van der Waals surface area contributed by atoms with Crippen molar-refractivity contribution in [2.75, 3.05) is 14.2 Å². The van der Waals surface area contributed by atoms with Gasteiger partial charge in [0.1, 0.15) is 29.8 Å². The van der Waals surface area contributed by atoms with Crippen LogP contribution >= 0.6 is 0 Å². The normalized spacial score (nSPS) is 19.6. The van der Waals surface area contributed by atoms with Gasteiger partial charge in [0.15, 0.2) is 11.9 Å². The molecule has 4 rings (SSSR count). The summed E-state index contributed by atoms with van der Waals surface area (Å²) in [6.45, 7) is 7.17. The van der Waals surface area contributed by atoms with E-state index in [1.165, 1.54) is 6.92 Å². The predicted molar refractivity (Wildman–Crippen MR) is 187 cm³/mol. The summed E-state index contributed by atoms with van der Waals surface area (Å²) in [5.41, 5.74) is 2.21. The highest BCUT2D eigenvalue weighted by Crippen LogP contribution is 2.37. The maximum Gasteiger partial charge on any atom is 0.338 e. The van der Waals surface area contributed by atoms with Crippen molar-refractivity contribution in [1.29, 1.82) is 0 Å². The van der Waals surface area contributed by atoms with E-state index in [1.54, 1.807) is 70.5 Å². The average molecular weight is 675 g/mol. The molecule has 1 saturated heterocycles. The fraction of sp³-hybridized carbons (Fsp3) is 0.450. The third kappa shape index (κ3) is 11.0. The van der Waals surface area contributed by atoms with Crippen molar-refractivity contribution < 1.29 is 43.1 Å². The minimum atomic E-state index is -1.40. The van der Waals surface area contributed by atoms with Gasteiger partial charge in [-0.15, -0.1) is 0 Å². The van der Waals surface area contributed by atoms with Crippen LogP contribution in [0.1, 0.15) is 74.9 Å². The molecular formula is C40H50O9.